The van der Waals surface area contributed by atoms with Gasteiger partial charge in [-0.3, -0.25) is 0 Å². The van der Waals surface area contributed by atoms with Crippen LogP contribution in [0.25, 0.3) is 0 Å². The molecule has 0 saturated heterocycles. The van der Waals surface area contributed by atoms with Gasteiger partial charge < -0.3 is 5.32 Å². The normalized spacial score (nSPS) is 40.2. The average molecular weight is 354 g/mol. The van der Waals surface area contributed by atoms with Crippen molar-refractivity contribution < 1.29 is 0 Å². The van der Waals surface area contributed by atoms with Crippen LogP contribution in [0.4, 0.5) is 0 Å². The van der Waals surface area contributed by atoms with Crippen LogP contribution in [0.15, 0.2) is 15.9 Å². The van der Waals surface area contributed by atoms with E-state index in [1.54, 1.807) is 6.42 Å². The molecule has 1 atom stereocenters. The second kappa shape index (κ2) is 5.40. The van der Waals surface area contributed by atoms with Gasteiger partial charge in [-0.05, 0) is 97.2 Å². The third kappa shape index (κ3) is 2.40. The van der Waals surface area contributed by atoms with Gasteiger partial charge in [-0.25, -0.2) is 0 Å². The zero-order chi connectivity index (χ0) is 13.7. The van der Waals surface area contributed by atoms with Crippen molar-refractivity contribution in [3.63, 3.8) is 0 Å². The lowest BCUT2D eigenvalue weighted by atomic mass is 9.50. The van der Waals surface area contributed by atoms with Crippen LogP contribution >= 0.6 is 27.3 Å². The summed E-state index contributed by atoms with van der Waals surface area (Å²) in [4.78, 5) is 1.53. The van der Waals surface area contributed by atoms with Gasteiger partial charge in [0.2, 0.25) is 0 Å². The summed E-state index contributed by atoms with van der Waals surface area (Å²) in [5, 5.41) is 5.90. The summed E-state index contributed by atoms with van der Waals surface area (Å²) in [6.07, 6.45) is 8.91. The van der Waals surface area contributed by atoms with Gasteiger partial charge in [0.15, 0.2) is 0 Å². The molecule has 4 aliphatic carbocycles. The molecular formula is C17H24BrNS. The van der Waals surface area contributed by atoms with Crippen LogP contribution in [0, 0.1) is 29.6 Å². The van der Waals surface area contributed by atoms with Crippen molar-refractivity contribution in [3.8, 4) is 0 Å². The van der Waals surface area contributed by atoms with Gasteiger partial charge in [0.1, 0.15) is 0 Å². The first-order valence-corrected chi connectivity index (χ1v) is 9.80. The summed E-state index contributed by atoms with van der Waals surface area (Å²) >= 11 is 5.50. The molecular weight excluding hydrogens is 330 g/mol. The van der Waals surface area contributed by atoms with Crippen molar-refractivity contribution in [2.24, 2.45) is 29.6 Å². The Morgan fingerprint density at radius 3 is 2.35 bits per heavy atom. The molecule has 1 unspecified atom stereocenters. The molecule has 1 aromatic heterocycles. The molecule has 1 nitrogen and oxygen atoms in total. The molecule has 20 heavy (non-hydrogen) atoms. The van der Waals surface area contributed by atoms with E-state index in [9.17, 15) is 0 Å². The number of thiophene rings is 1. The number of hydrogen-bond donors (Lipinski definition) is 1. The largest absolute Gasteiger partial charge is 0.316 e. The van der Waals surface area contributed by atoms with Crippen LogP contribution < -0.4 is 5.32 Å². The lowest BCUT2D eigenvalue weighted by Crippen LogP contribution is -2.53. The van der Waals surface area contributed by atoms with Gasteiger partial charge in [0.05, 0.1) is 0 Å². The number of rotatable bonds is 4. The van der Waals surface area contributed by atoms with E-state index in [1.165, 1.54) is 41.5 Å². The Labute approximate surface area is 134 Å². The van der Waals surface area contributed by atoms with Crippen molar-refractivity contribution in [2.75, 3.05) is 7.05 Å². The van der Waals surface area contributed by atoms with E-state index in [-0.39, 0.29) is 0 Å². The van der Waals surface area contributed by atoms with Crippen LogP contribution in [-0.4, -0.2) is 13.1 Å². The van der Waals surface area contributed by atoms with Crippen LogP contribution in [0.5, 0.6) is 0 Å². The molecule has 0 aliphatic heterocycles. The fourth-order valence-electron chi connectivity index (χ4n) is 5.73. The fraction of sp³-hybridized carbons (Fsp3) is 0.765. The Morgan fingerprint density at radius 2 is 1.85 bits per heavy atom. The monoisotopic (exact) mass is 353 g/mol. The quantitative estimate of drug-likeness (QED) is 0.825. The highest BCUT2D eigenvalue weighted by Crippen LogP contribution is 2.57. The molecule has 110 valence electrons. The number of likely N-dealkylation sites (N-methyl/N-ethyl adjacent to an activating group) is 1. The van der Waals surface area contributed by atoms with Crippen LogP contribution in [0.1, 0.15) is 37.0 Å². The molecule has 4 saturated carbocycles. The standard InChI is InChI=1S/C17H24BrNS/c1-19-16(8-15-7-14(18)9-20-15)17-12-3-10-2-11(5-12)6-13(17)4-10/h7,9-13,16-17,19H,2-6,8H2,1H3. The Hall–Kier alpha value is 0.140. The van der Waals surface area contributed by atoms with E-state index in [1.807, 2.05) is 11.3 Å². The third-order valence-electron chi connectivity index (χ3n) is 6.18. The number of hydrogen-bond acceptors (Lipinski definition) is 2. The van der Waals surface area contributed by atoms with E-state index in [0.29, 0.717) is 6.04 Å². The van der Waals surface area contributed by atoms with Crippen molar-refractivity contribution in [1.29, 1.82) is 0 Å². The second-order valence-electron chi connectivity index (χ2n) is 7.34. The van der Waals surface area contributed by atoms with Gasteiger partial charge in [-0.15, -0.1) is 11.3 Å². The van der Waals surface area contributed by atoms with E-state index in [4.69, 9.17) is 0 Å². The van der Waals surface area contributed by atoms with E-state index >= 15 is 0 Å². The van der Waals surface area contributed by atoms with Crippen molar-refractivity contribution in [2.45, 2.75) is 44.6 Å². The zero-order valence-electron chi connectivity index (χ0n) is 12.1. The highest BCUT2D eigenvalue weighted by molar-refractivity contribution is 9.10. The lowest BCUT2D eigenvalue weighted by molar-refractivity contribution is -0.0506. The maximum atomic E-state index is 3.68. The van der Waals surface area contributed by atoms with Crippen molar-refractivity contribution in [3.05, 3.63) is 20.8 Å². The Morgan fingerprint density at radius 1 is 1.20 bits per heavy atom. The highest BCUT2D eigenvalue weighted by atomic mass is 79.9. The van der Waals surface area contributed by atoms with Gasteiger partial charge in [-0.2, -0.15) is 0 Å². The SMILES string of the molecule is CNC(Cc1cc(Br)cs1)C1C2CC3CC(C2)CC1C3. The molecule has 4 bridgehead atoms. The van der Waals surface area contributed by atoms with Crippen LogP contribution in [0.3, 0.4) is 0 Å². The average Bonchev–Trinajstić information content (AvgIpc) is 2.81. The van der Waals surface area contributed by atoms with Gasteiger partial charge >= 0.3 is 0 Å². The number of nitrogens with one attached hydrogen (secondary N) is 1. The van der Waals surface area contributed by atoms with Crippen LogP contribution in [-0.2, 0) is 6.42 Å². The van der Waals surface area contributed by atoms with E-state index in [2.05, 4.69) is 39.7 Å². The molecule has 1 N–H and O–H groups in total. The maximum Gasteiger partial charge on any atom is 0.0285 e. The zero-order valence-corrected chi connectivity index (χ0v) is 14.6. The minimum atomic E-state index is 0.690. The smallest absolute Gasteiger partial charge is 0.0285 e. The third-order valence-corrected chi connectivity index (χ3v) is 7.90. The first-order chi connectivity index (χ1) is 9.72. The molecule has 4 fully saturated rings. The maximum absolute atomic E-state index is 3.68. The minimum absolute atomic E-state index is 0.690. The summed E-state index contributed by atoms with van der Waals surface area (Å²) in [6.45, 7) is 0. The minimum Gasteiger partial charge on any atom is -0.316 e. The second-order valence-corrected chi connectivity index (χ2v) is 9.25. The first-order valence-electron chi connectivity index (χ1n) is 8.13. The molecule has 0 aromatic carbocycles. The Bertz CT molecular complexity index is 455. The summed E-state index contributed by atoms with van der Waals surface area (Å²) in [7, 11) is 2.18. The predicted octanol–water partition coefficient (Wildman–Crippen LogP) is 4.71. The molecule has 0 amide bonds. The Balaban J connectivity index is 1.52. The molecule has 3 heteroatoms. The van der Waals surface area contributed by atoms with Crippen LogP contribution in [0.2, 0.25) is 0 Å². The van der Waals surface area contributed by atoms with Gasteiger partial charge in [0, 0.05) is 20.8 Å². The summed E-state index contributed by atoms with van der Waals surface area (Å²) in [5.74, 6) is 5.15. The number of halogens is 1. The summed E-state index contributed by atoms with van der Waals surface area (Å²) < 4.78 is 1.25. The molecule has 5 rings (SSSR count). The van der Waals surface area contributed by atoms with E-state index in [0.717, 1.165) is 29.6 Å². The highest BCUT2D eigenvalue weighted by Gasteiger charge is 2.50. The Kier molecular flexibility index (Phi) is 3.72. The summed E-state index contributed by atoms with van der Waals surface area (Å²) in [6, 6.07) is 3.00. The topological polar surface area (TPSA) is 12.0 Å². The predicted molar refractivity (Wildman–Crippen MR) is 89.1 cm³/mol. The molecule has 1 heterocycles. The van der Waals surface area contributed by atoms with Crippen molar-refractivity contribution in [1.82, 2.24) is 5.32 Å². The van der Waals surface area contributed by atoms with Gasteiger partial charge in [-0.1, -0.05) is 0 Å². The lowest BCUT2D eigenvalue weighted by Gasteiger charge is -2.56. The molecule has 0 spiro atoms. The van der Waals surface area contributed by atoms with E-state index < -0.39 is 0 Å². The van der Waals surface area contributed by atoms with Gasteiger partial charge in [0.25, 0.3) is 0 Å². The molecule has 4 aliphatic rings. The van der Waals surface area contributed by atoms with Crippen molar-refractivity contribution >= 4 is 27.3 Å². The molecule has 1 aromatic rings. The molecule has 0 radical (unpaired) electrons. The summed E-state index contributed by atoms with van der Waals surface area (Å²) in [5.41, 5.74) is 0. The first kappa shape index (κ1) is 13.8. The fourth-order valence-corrected chi connectivity index (χ4v) is 7.24.